The maximum atomic E-state index is 3.71. The molecule has 1 fully saturated rings. The maximum Gasteiger partial charge on any atom is 0.00967 e. The van der Waals surface area contributed by atoms with Crippen molar-refractivity contribution in [2.45, 2.75) is 91.1 Å². The van der Waals surface area contributed by atoms with Gasteiger partial charge in [0.15, 0.2) is 0 Å². The minimum Gasteiger partial charge on any atom is -0.311 e. The second-order valence-corrected chi connectivity index (χ2v) is 8.33. The number of hydrogen-bond acceptors (Lipinski definition) is 2. The first-order chi connectivity index (χ1) is 9.26. The average molecular weight is 283 g/mol. The van der Waals surface area contributed by atoms with E-state index in [2.05, 4.69) is 51.9 Å². The van der Waals surface area contributed by atoms with Crippen LogP contribution in [0.4, 0.5) is 0 Å². The molecule has 1 saturated carbocycles. The summed E-state index contributed by atoms with van der Waals surface area (Å²) >= 11 is 0. The zero-order valence-electron chi connectivity index (χ0n) is 14.9. The summed E-state index contributed by atoms with van der Waals surface area (Å²) < 4.78 is 0. The summed E-state index contributed by atoms with van der Waals surface area (Å²) in [7, 11) is 2.35. The SMILES string of the molecule is CCC(C)(CNC(C)(C)C)CN(C)C1CCCCCC1. The van der Waals surface area contributed by atoms with Crippen LogP contribution in [0.3, 0.4) is 0 Å². The van der Waals surface area contributed by atoms with Crippen LogP contribution in [0.1, 0.15) is 79.6 Å². The Hall–Kier alpha value is -0.0800. The van der Waals surface area contributed by atoms with Gasteiger partial charge in [-0.2, -0.15) is 0 Å². The molecule has 0 aliphatic heterocycles. The van der Waals surface area contributed by atoms with E-state index in [1.165, 1.54) is 51.5 Å². The number of rotatable bonds is 6. The van der Waals surface area contributed by atoms with Gasteiger partial charge in [0.1, 0.15) is 0 Å². The van der Waals surface area contributed by atoms with Crippen LogP contribution >= 0.6 is 0 Å². The second-order valence-electron chi connectivity index (χ2n) is 8.33. The first-order valence-corrected chi connectivity index (χ1v) is 8.71. The van der Waals surface area contributed by atoms with E-state index in [1.54, 1.807) is 0 Å². The molecule has 0 aromatic heterocycles. The fourth-order valence-corrected chi connectivity index (χ4v) is 3.20. The largest absolute Gasteiger partial charge is 0.311 e. The molecule has 0 saturated heterocycles. The molecule has 2 heteroatoms. The third-order valence-electron chi connectivity index (χ3n) is 4.98. The molecule has 0 aromatic rings. The highest BCUT2D eigenvalue weighted by atomic mass is 15.1. The van der Waals surface area contributed by atoms with Gasteiger partial charge < -0.3 is 10.2 Å². The molecule has 0 spiro atoms. The average Bonchev–Trinajstić information content (AvgIpc) is 2.64. The van der Waals surface area contributed by atoms with Gasteiger partial charge in [0.05, 0.1) is 0 Å². The van der Waals surface area contributed by atoms with Crippen molar-refractivity contribution >= 4 is 0 Å². The highest BCUT2D eigenvalue weighted by molar-refractivity contribution is 4.85. The summed E-state index contributed by atoms with van der Waals surface area (Å²) in [6.45, 7) is 13.9. The number of nitrogens with zero attached hydrogens (tertiary/aromatic N) is 1. The molecule has 20 heavy (non-hydrogen) atoms. The molecule has 1 aliphatic rings. The van der Waals surface area contributed by atoms with Crippen molar-refractivity contribution in [2.24, 2.45) is 5.41 Å². The molecule has 0 radical (unpaired) electrons. The van der Waals surface area contributed by atoms with Crippen LogP contribution in [0.5, 0.6) is 0 Å². The summed E-state index contributed by atoms with van der Waals surface area (Å²) in [6, 6.07) is 0.818. The lowest BCUT2D eigenvalue weighted by atomic mass is 9.85. The van der Waals surface area contributed by atoms with Crippen molar-refractivity contribution in [1.29, 1.82) is 0 Å². The van der Waals surface area contributed by atoms with Crippen LogP contribution in [-0.4, -0.2) is 36.6 Å². The Labute approximate surface area is 127 Å². The lowest BCUT2D eigenvalue weighted by Crippen LogP contribution is -2.48. The van der Waals surface area contributed by atoms with Crippen molar-refractivity contribution in [1.82, 2.24) is 10.2 Å². The van der Waals surface area contributed by atoms with E-state index in [0.29, 0.717) is 5.41 Å². The summed E-state index contributed by atoms with van der Waals surface area (Å²) in [4.78, 5) is 2.65. The molecule has 1 aliphatic carbocycles. The van der Waals surface area contributed by atoms with Gasteiger partial charge in [-0.1, -0.05) is 39.5 Å². The Morgan fingerprint density at radius 1 is 1.00 bits per heavy atom. The monoisotopic (exact) mass is 282 g/mol. The van der Waals surface area contributed by atoms with Crippen molar-refractivity contribution in [3.8, 4) is 0 Å². The second kappa shape index (κ2) is 7.79. The van der Waals surface area contributed by atoms with Gasteiger partial charge in [-0.25, -0.2) is 0 Å². The van der Waals surface area contributed by atoms with Crippen molar-refractivity contribution < 1.29 is 0 Å². The molecule has 120 valence electrons. The molecule has 1 atom stereocenters. The standard InChI is InChI=1S/C18H38N2/c1-7-18(5,14-19-17(2,3)4)15-20(6)16-12-10-8-9-11-13-16/h16,19H,7-15H2,1-6H3. The fourth-order valence-electron chi connectivity index (χ4n) is 3.20. The van der Waals surface area contributed by atoms with Crippen LogP contribution in [-0.2, 0) is 0 Å². The summed E-state index contributed by atoms with van der Waals surface area (Å²) in [5, 5.41) is 3.71. The van der Waals surface area contributed by atoms with Gasteiger partial charge in [-0.3, -0.25) is 0 Å². The first-order valence-electron chi connectivity index (χ1n) is 8.71. The van der Waals surface area contributed by atoms with Gasteiger partial charge in [0.2, 0.25) is 0 Å². The van der Waals surface area contributed by atoms with Gasteiger partial charge in [-0.05, 0) is 52.5 Å². The minimum absolute atomic E-state index is 0.220. The minimum atomic E-state index is 0.220. The Kier molecular flexibility index (Phi) is 7.00. The van der Waals surface area contributed by atoms with Gasteiger partial charge in [-0.15, -0.1) is 0 Å². The van der Waals surface area contributed by atoms with Crippen LogP contribution in [0.25, 0.3) is 0 Å². The third kappa shape index (κ3) is 6.58. The number of hydrogen-bond donors (Lipinski definition) is 1. The molecule has 1 rings (SSSR count). The van der Waals surface area contributed by atoms with Gasteiger partial charge in [0, 0.05) is 24.7 Å². The molecule has 2 nitrogen and oxygen atoms in total. The van der Waals surface area contributed by atoms with E-state index in [0.717, 1.165) is 12.6 Å². The lowest BCUT2D eigenvalue weighted by molar-refractivity contribution is 0.124. The van der Waals surface area contributed by atoms with Crippen LogP contribution < -0.4 is 5.32 Å². The highest BCUT2D eigenvalue weighted by Gasteiger charge is 2.28. The van der Waals surface area contributed by atoms with Crippen molar-refractivity contribution in [3.63, 3.8) is 0 Å². The zero-order chi connectivity index (χ0) is 15.2. The molecule has 0 amide bonds. The predicted molar refractivity (Wildman–Crippen MR) is 90.3 cm³/mol. The van der Waals surface area contributed by atoms with E-state index in [-0.39, 0.29) is 5.54 Å². The topological polar surface area (TPSA) is 15.3 Å². The summed E-state index contributed by atoms with van der Waals surface area (Å²) in [5.41, 5.74) is 0.603. The Morgan fingerprint density at radius 3 is 2.00 bits per heavy atom. The van der Waals surface area contributed by atoms with Gasteiger partial charge >= 0.3 is 0 Å². The molecular weight excluding hydrogens is 244 g/mol. The molecule has 0 aromatic carbocycles. The van der Waals surface area contributed by atoms with Gasteiger partial charge in [0.25, 0.3) is 0 Å². The fraction of sp³-hybridized carbons (Fsp3) is 1.00. The Morgan fingerprint density at radius 2 is 1.55 bits per heavy atom. The van der Waals surface area contributed by atoms with E-state index >= 15 is 0 Å². The lowest BCUT2D eigenvalue weighted by Gasteiger charge is -2.39. The van der Waals surface area contributed by atoms with Crippen LogP contribution in [0.2, 0.25) is 0 Å². The molecule has 0 bridgehead atoms. The van der Waals surface area contributed by atoms with Crippen LogP contribution in [0.15, 0.2) is 0 Å². The summed E-state index contributed by atoms with van der Waals surface area (Å²) in [6.07, 6.45) is 9.80. The molecule has 1 N–H and O–H groups in total. The van der Waals surface area contributed by atoms with Crippen molar-refractivity contribution in [3.05, 3.63) is 0 Å². The molecular formula is C18H38N2. The van der Waals surface area contributed by atoms with E-state index in [9.17, 15) is 0 Å². The van der Waals surface area contributed by atoms with E-state index < -0.39 is 0 Å². The molecule has 0 heterocycles. The maximum absolute atomic E-state index is 3.71. The third-order valence-corrected chi connectivity index (χ3v) is 4.98. The Balaban J connectivity index is 2.52. The first kappa shape index (κ1) is 18.0. The van der Waals surface area contributed by atoms with E-state index in [1.807, 2.05) is 0 Å². The Bertz CT molecular complexity index is 261. The van der Waals surface area contributed by atoms with Crippen molar-refractivity contribution in [2.75, 3.05) is 20.1 Å². The number of nitrogens with one attached hydrogen (secondary N) is 1. The van der Waals surface area contributed by atoms with Crippen LogP contribution in [0, 0.1) is 5.41 Å². The summed E-state index contributed by atoms with van der Waals surface area (Å²) in [5.74, 6) is 0. The predicted octanol–water partition coefficient (Wildman–Crippen LogP) is 4.45. The molecule has 1 unspecified atom stereocenters. The normalized spacial score (nSPS) is 21.8. The smallest absolute Gasteiger partial charge is 0.00967 e. The highest BCUT2D eigenvalue weighted by Crippen LogP contribution is 2.27. The quantitative estimate of drug-likeness (QED) is 0.724. The van der Waals surface area contributed by atoms with E-state index in [4.69, 9.17) is 0 Å². The zero-order valence-corrected chi connectivity index (χ0v) is 14.9.